The van der Waals surface area contributed by atoms with Crippen LogP contribution in [0.2, 0.25) is 0 Å². The van der Waals surface area contributed by atoms with E-state index < -0.39 is 0 Å². The van der Waals surface area contributed by atoms with Gasteiger partial charge in [-0.15, -0.1) is 0 Å². The van der Waals surface area contributed by atoms with Crippen molar-refractivity contribution in [3.63, 3.8) is 0 Å². The summed E-state index contributed by atoms with van der Waals surface area (Å²) in [6.07, 6.45) is 5.43. The minimum Gasteiger partial charge on any atom is -0.315 e. The van der Waals surface area contributed by atoms with E-state index in [1.54, 1.807) is 0 Å². The molecule has 1 rings (SSSR count). The lowest BCUT2D eigenvalue weighted by molar-refractivity contribution is 0.0407. The van der Waals surface area contributed by atoms with E-state index in [-0.39, 0.29) is 0 Å². The van der Waals surface area contributed by atoms with Crippen LogP contribution in [0.4, 0.5) is 0 Å². The smallest absolute Gasteiger partial charge is 0.0277 e. The van der Waals surface area contributed by atoms with E-state index in [1.165, 1.54) is 58.4 Å². The Kier molecular flexibility index (Phi) is 7.20. The highest BCUT2D eigenvalue weighted by molar-refractivity contribution is 4.88. The monoisotopic (exact) mass is 255 g/mol. The van der Waals surface area contributed by atoms with Gasteiger partial charge in [-0.2, -0.15) is 0 Å². The van der Waals surface area contributed by atoms with Crippen molar-refractivity contribution in [1.82, 2.24) is 15.1 Å². The van der Waals surface area contributed by atoms with Crippen LogP contribution >= 0.6 is 0 Å². The van der Waals surface area contributed by atoms with Crippen LogP contribution < -0.4 is 5.32 Å². The van der Waals surface area contributed by atoms with Crippen molar-refractivity contribution < 1.29 is 0 Å². The molecule has 0 aromatic heterocycles. The fraction of sp³-hybridized carbons (Fsp3) is 1.00. The van der Waals surface area contributed by atoms with Gasteiger partial charge in [0.25, 0.3) is 0 Å². The van der Waals surface area contributed by atoms with Crippen LogP contribution in [0.1, 0.15) is 46.5 Å². The van der Waals surface area contributed by atoms with E-state index in [9.17, 15) is 0 Å². The summed E-state index contributed by atoms with van der Waals surface area (Å²) in [4.78, 5) is 5.07. The number of nitrogens with zero attached hydrogens (tertiary/aromatic N) is 2. The maximum Gasteiger partial charge on any atom is 0.0277 e. The molecule has 0 aliphatic carbocycles. The number of piperazine rings is 1. The molecule has 3 nitrogen and oxygen atoms in total. The van der Waals surface area contributed by atoms with Gasteiger partial charge in [0.1, 0.15) is 0 Å². The largest absolute Gasteiger partial charge is 0.315 e. The third kappa shape index (κ3) is 5.68. The molecule has 0 aromatic rings. The second-order valence-corrected chi connectivity index (χ2v) is 6.32. The molecule has 0 saturated carbocycles. The lowest BCUT2D eigenvalue weighted by Gasteiger charge is -2.45. The average Bonchev–Trinajstić information content (AvgIpc) is 2.32. The van der Waals surface area contributed by atoms with Gasteiger partial charge in [0.05, 0.1) is 0 Å². The molecular weight excluding hydrogens is 222 g/mol. The van der Waals surface area contributed by atoms with Gasteiger partial charge >= 0.3 is 0 Å². The maximum absolute atomic E-state index is 3.57. The molecule has 1 heterocycles. The molecule has 0 unspecified atom stereocenters. The van der Waals surface area contributed by atoms with Crippen molar-refractivity contribution in [2.75, 3.05) is 46.3 Å². The average molecular weight is 255 g/mol. The van der Waals surface area contributed by atoms with Crippen LogP contribution in [0.25, 0.3) is 0 Å². The Labute approximate surface area is 114 Å². The summed E-state index contributed by atoms with van der Waals surface area (Å²) in [5.74, 6) is 0. The zero-order valence-corrected chi connectivity index (χ0v) is 13.0. The van der Waals surface area contributed by atoms with E-state index in [0.29, 0.717) is 5.54 Å². The summed E-state index contributed by atoms with van der Waals surface area (Å²) in [5, 5.41) is 3.57. The zero-order chi connectivity index (χ0) is 13.4. The normalized spacial score (nSPS) is 21.3. The number of hydrogen-bond donors (Lipinski definition) is 1. The molecule has 1 fully saturated rings. The van der Waals surface area contributed by atoms with E-state index in [1.807, 2.05) is 0 Å². The summed E-state index contributed by atoms with van der Waals surface area (Å²) in [6, 6.07) is 0. The predicted molar refractivity (Wildman–Crippen MR) is 80.2 cm³/mol. The van der Waals surface area contributed by atoms with Crippen molar-refractivity contribution in [3.05, 3.63) is 0 Å². The summed E-state index contributed by atoms with van der Waals surface area (Å²) in [5.41, 5.74) is 0.333. The molecule has 1 aliphatic heterocycles. The molecular formula is C15H33N3. The van der Waals surface area contributed by atoms with Gasteiger partial charge in [0.15, 0.2) is 0 Å². The molecule has 0 spiro atoms. The summed E-state index contributed by atoms with van der Waals surface area (Å²) in [7, 11) is 2.24. The van der Waals surface area contributed by atoms with Crippen LogP contribution in [0.3, 0.4) is 0 Å². The fourth-order valence-electron chi connectivity index (χ4n) is 2.57. The van der Waals surface area contributed by atoms with Crippen molar-refractivity contribution >= 4 is 0 Å². The van der Waals surface area contributed by atoms with Gasteiger partial charge in [0.2, 0.25) is 0 Å². The molecule has 1 saturated heterocycles. The first-order valence-electron chi connectivity index (χ1n) is 7.70. The van der Waals surface area contributed by atoms with Gasteiger partial charge in [-0.1, -0.05) is 26.2 Å². The number of unbranched alkanes of at least 4 members (excludes halogenated alkanes) is 3. The van der Waals surface area contributed by atoms with E-state index in [4.69, 9.17) is 0 Å². The Morgan fingerprint density at radius 1 is 1.06 bits per heavy atom. The van der Waals surface area contributed by atoms with E-state index in [2.05, 4.69) is 42.9 Å². The second-order valence-electron chi connectivity index (χ2n) is 6.32. The Morgan fingerprint density at radius 2 is 1.83 bits per heavy atom. The molecule has 0 aromatic carbocycles. The third-order valence-electron chi connectivity index (χ3n) is 4.21. The van der Waals surface area contributed by atoms with Crippen molar-refractivity contribution in [2.24, 2.45) is 0 Å². The van der Waals surface area contributed by atoms with Gasteiger partial charge in [-0.05, 0) is 33.9 Å². The fourth-order valence-corrected chi connectivity index (χ4v) is 2.57. The van der Waals surface area contributed by atoms with Gasteiger partial charge in [-0.3, -0.25) is 9.80 Å². The van der Waals surface area contributed by atoms with E-state index in [0.717, 1.165) is 6.54 Å². The van der Waals surface area contributed by atoms with Crippen molar-refractivity contribution in [3.8, 4) is 0 Å². The highest BCUT2D eigenvalue weighted by atomic mass is 15.3. The maximum atomic E-state index is 3.57. The molecule has 108 valence electrons. The zero-order valence-electron chi connectivity index (χ0n) is 13.0. The van der Waals surface area contributed by atoms with Crippen LogP contribution in [-0.4, -0.2) is 61.7 Å². The third-order valence-corrected chi connectivity index (χ3v) is 4.21. The lowest BCUT2D eigenvalue weighted by atomic mass is 10.00. The topological polar surface area (TPSA) is 18.5 Å². The minimum absolute atomic E-state index is 0.333. The number of likely N-dealkylation sites (N-methyl/N-ethyl adjacent to an activating group) is 1. The Morgan fingerprint density at radius 3 is 2.50 bits per heavy atom. The first kappa shape index (κ1) is 15.9. The van der Waals surface area contributed by atoms with Crippen LogP contribution in [0.15, 0.2) is 0 Å². The van der Waals surface area contributed by atoms with Crippen molar-refractivity contribution in [2.45, 2.75) is 52.0 Å². The summed E-state index contributed by atoms with van der Waals surface area (Å²) in [6.45, 7) is 14.1. The van der Waals surface area contributed by atoms with E-state index >= 15 is 0 Å². The molecule has 0 radical (unpaired) electrons. The van der Waals surface area contributed by atoms with Crippen LogP contribution in [-0.2, 0) is 0 Å². The van der Waals surface area contributed by atoms with Crippen LogP contribution in [0.5, 0.6) is 0 Å². The van der Waals surface area contributed by atoms with Gasteiger partial charge < -0.3 is 5.32 Å². The number of nitrogens with one attached hydrogen (secondary N) is 1. The first-order valence-corrected chi connectivity index (χ1v) is 7.70. The van der Waals surface area contributed by atoms with Gasteiger partial charge in [-0.25, -0.2) is 0 Å². The SMILES string of the molecule is CCCCCCNCCN1CCN(C)C(C)(C)C1. The Bertz CT molecular complexity index is 216. The molecule has 18 heavy (non-hydrogen) atoms. The highest BCUT2D eigenvalue weighted by Gasteiger charge is 2.30. The quantitative estimate of drug-likeness (QED) is 0.671. The number of rotatable bonds is 8. The lowest BCUT2D eigenvalue weighted by Crippen LogP contribution is -2.58. The second kappa shape index (κ2) is 8.13. The molecule has 0 bridgehead atoms. The summed E-state index contributed by atoms with van der Waals surface area (Å²) >= 11 is 0. The molecule has 0 amide bonds. The Balaban J connectivity index is 2.03. The van der Waals surface area contributed by atoms with Crippen molar-refractivity contribution in [1.29, 1.82) is 0 Å². The van der Waals surface area contributed by atoms with Gasteiger partial charge in [0, 0.05) is 38.3 Å². The Hall–Kier alpha value is -0.120. The molecule has 0 atom stereocenters. The van der Waals surface area contributed by atoms with Crippen LogP contribution in [0, 0.1) is 0 Å². The summed E-state index contributed by atoms with van der Waals surface area (Å²) < 4.78 is 0. The number of hydrogen-bond acceptors (Lipinski definition) is 3. The molecule has 3 heteroatoms. The first-order chi connectivity index (χ1) is 8.56. The minimum atomic E-state index is 0.333. The molecule has 1 N–H and O–H groups in total. The molecule has 1 aliphatic rings. The predicted octanol–water partition coefficient (Wildman–Crippen LogP) is 2.18. The standard InChI is InChI=1S/C15H33N3/c1-5-6-7-8-9-16-10-11-18-13-12-17(4)15(2,3)14-18/h16H,5-14H2,1-4H3. The highest BCUT2D eigenvalue weighted by Crippen LogP contribution is 2.18.